The normalized spacial score (nSPS) is 11.2. The van der Waals surface area contributed by atoms with E-state index in [9.17, 15) is 4.79 Å². The molecule has 4 heteroatoms. The third kappa shape index (κ3) is 2.57. The molecule has 0 saturated carbocycles. The number of fused-ring (bicyclic) bond motifs is 1. The minimum Gasteiger partial charge on any atom is -0.294 e. The molecule has 1 aromatic heterocycles. The number of hydrogen-bond acceptors (Lipinski definition) is 3. The lowest BCUT2D eigenvalue weighted by Gasteiger charge is -2.09. The van der Waals surface area contributed by atoms with E-state index in [1.54, 1.807) is 4.68 Å². The summed E-state index contributed by atoms with van der Waals surface area (Å²) in [5.74, 6) is 0.782. The van der Waals surface area contributed by atoms with Crippen molar-refractivity contribution in [2.45, 2.75) is 26.3 Å². The molecule has 0 N–H and O–H groups in total. The van der Waals surface area contributed by atoms with Crippen molar-refractivity contribution in [1.29, 1.82) is 0 Å². The van der Waals surface area contributed by atoms with Crippen LogP contribution >= 0.6 is 0 Å². The van der Waals surface area contributed by atoms with E-state index in [1.807, 2.05) is 56.3 Å². The number of Topliss-reactive ketones (excluding diaryl/α,β-unsaturated/α-hetero) is 1. The summed E-state index contributed by atoms with van der Waals surface area (Å²) in [6.45, 7) is 4.06. The van der Waals surface area contributed by atoms with Crippen LogP contribution in [0.1, 0.15) is 36.1 Å². The minimum absolute atomic E-state index is 0.0710. The number of rotatable bonds is 4. The summed E-state index contributed by atoms with van der Waals surface area (Å²) in [7, 11) is 0. The van der Waals surface area contributed by atoms with Gasteiger partial charge in [0.05, 0.1) is 6.42 Å². The van der Waals surface area contributed by atoms with Crippen molar-refractivity contribution in [3.8, 4) is 0 Å². The summed E-state index contributed by atoms with van der Waals surface area (Å²) in [6, 6.07) is 13.9. The Morgan fingerprint density at radius 3 is 2.71 bits per heavy atom. The van der Waals surface area contributed by atoms with Crippen LogP contribution in [0.15, 0.2) is 48.8 Å². The van der Waals surface area contributed by atoms with Gasteiger partial charge in [0.25, 0.3) is 0 Å². The maximum Gasteiger partial charge on any atom is 0.171 e. The molecule has 4 nitrogen and oxygen atoms in total. The number of ketones is 1. The molecule has 0 radical (unpaired) electrons. The van der Waals surface area contributed by atoms with Crippen molar-refractivity contribution in [3.05, 3.63) is 60.2 Å². The van der Waals surface area contributed by atoms with Crippen molar-refractivity contribution < 1.29 is 4.79 Å². The number of carbonyl (C=O) groups excluding carboxylic acids is 1. The molecule has 0 aliphatic heterocycles. The van der Waals surface area contributed by atoms with E-state index in [0.29, 0.717) is 5.82 Å². The number of benzene rings is 2. The predicted molar refractivity (Wildman–Crippen MR) is 82.4 cm³/mol. The first-order valence-corrected chi connectivity index (χ1v) is 7.06. The molecular weight excluding hydrogens is 262 g/mol. The van der Waals surface area contributed by atoms with Gasteiger partial charge in [0.1, 0.15) is 12.2 Å². The number of hydrogen-bond donors (Lipinski definition) is 0. The molecule has 0 aliphatic rings. The van der Waals surface area contributed by atoms with E-state index in [2.05, 4.69) is 10.1 Å². The van der Waals surface area contributed by atoms with Crippen LogP contribution in [0, 0.1) is 0 Å². The fourth-order valence-electron chi connectivity index (χ4n) is 2.54. The monoisotopic (exact) mass is 279 g/mol. The average molecular weight is 279 g/mol. The molecule has 0 aliphatic carbocycles. The van der Waals surface area contributed by atoms with Gasteiger partial charge < -0.3 is 0 Å². The van der Waals surface area contributed by atoms with Crippen LogP contribution < -0.4 is 0 Å². The quantitative estimate of drug-likeness (QED) is 0.687. The van der Waals surface area contributed by atoms with Crippen LogP contribution in [-0.2, 0) is 6.42 Å². The Bertz CT molecular complexity index is 784. The van der Waals surface area contributed by atoms with Gasteiger partial charge in [-0.1, -0.05) is 42.5 Å². The molecule has 21 heavy (non-hydrogen) atoms. The Morgan fingerprint density at radius 1 is 1.14 bits per heavy atom. The summed E-state index contributed by atoms with van der Waals surface area (Å²) >= 11 is 0. The lowest BCUT2D eigenvalue weighted by Crippen LogP contribution is -2.13. The lowest BCUT2D eigenvalue weighted by atomic mass is 10.00. The molecule has 3 aromatic rings. The van der Waals surface area contributed by atoms with Crippen LogP contribution in [0.25, 0.3) is 10.8 Å². The second kappa shape index (κ2) is 5.48. The summed E-state index contributed by atoms with van der Waals surface area (Å²) in [6.07, 6.45) is 1.78. The van der Waals surface area contributed by atoms with Gasteiger partial charge in [-0.3, -0.25) is 4.79 Å². The highest BCUT2D eigenvalue weighted by atomic mass is 16.1. The second-order valence-electron chi connectivity index (χ2n) is 5.34. The lowest BCUT2D eigenvalue weighted by molar-refractivity contribution is 0.0990. The molecule has 0 fully saturated rings. The zero-order valence-electron chi connectivity index (χ0n) is 12.2. The molecule has 0 atom stereocenters. The molecule has 0 spiro atoms. The Kier molecular flexibility index (Phi) is 3.52. The van der Waals surface area contributed by atoms with Crippen LogP contribution in [0.5, 0.6) is 0 Å². The van der Waals surface area contributed by atoms with Gasteiger partial charge in [-0.2, -0.15) is 5.10 Å². The van der Waals surface area contributed by atoms with Crippen molar-refractivity contribution in [2.75, 3.05) is 0 Å². The molecule has 0 saturated heterocycles. The van der Waals surface area contributed by atoms with Gasteiger partial charge in [-0.15, -0.1) is 0 Å². The third-order valence-electron chi connectivity index (χ3n) is 3.55. The first-order chi connectivity index (χ1) is 10.2. The number of aromatic nitrogens is 3. The highest BCUT2D eigenvalue weighted by Crippen LogP contribution is 2.20. The van der Waals surface area contributed by atoms with E-state index in [0.717, 1.165) is 16.3 Å². The molecule has 3 rings (SSSR count). The maximum absolute atomic E-state index is 12.6. The van der Waals surface area contributed by atoms with Gasteiger partial charge in [0.15, 0.2) is 5.78 Å². The van der Waals surface area contributed by atoms with Crippen LogP contribution in [0.2, 0.25) is 0 Å². The Balaban J connectivity index is 1.96. The van der Waals surface area contributed by atoms with Gasteiger partial charge >= 0.3 is 0 Å². The Labute approximate surface area is 123 Å². The van der Waals surface area contributed by atoms with Crippen molar-refractivity contribution in [3.63, 3.8) is 0 Å². The zero-order chi connectivity index (χ0) is 14.8. The average Bonchev–Trinajstić information content (AvgIpc) is 2.95. The predicted octanol–water partition coefficient (Wildman–Crippen LogP) is 3.44. The van der Waals surface area contributed by atoms with E-state index in [-0.39, 0.29) is 18.2 Å². The minimum atomic E-state index is 0.0710. The Hall–Kier alpha value is -2.49. The molecule has 2 aromatic carbocycles. The van der Waals surface area contributed by atoms with Crippen LogP contribution in [0.3, 0.4) is 0 Å². The standard InChI is InChI=1S/C17H17N3O/c1-12(2)20-17(18-11-19-20)10-16(21)15-9-5-7-13-6-3-4-8-14(13)15/h3-9,11-12H,10H2,1-2H3. The smallest absolute Gasteiger partial charge is 0.171 e. The Morgan fingerprint density at radius 2 is 1.90 bits per heavy atom. The summed E-state index contributed by atoms with van der Waals surface area (Å²) in [5.41, 5.74) is 0.742. The van der Waals surface area contributed by atoms with E-state index in [1.165, 1.54) is 6.33 Å². The highest BCUT2D eigenvalue weighted by molar-refractivity contribution is 6.08. The fraction of sp³-hybridized carbons (Fsp3) is 0.235. The van der Waals surface area contributed by atoms with Crippen LogP contribution in [0.4, 0.5) is 0 Å². The number of carbonyl (C=O) groups is 1. The van der Waals surface area contributed by atoms with E-state index >= 15 is 0 Å². The summed E-state index contributed by atoms with van der Waals surface area (Å²) in [5, 5.41) is 6.24. The fourth-order valence-corrected chi connectivity index (χ4v) is 2.54. The molecule has 1 heterocycles. The first kappa shape index (κ1) is 13.5. The first-order valence-electron chi connectivity index (χ1n) is 7.06. The summed E-state index contributed by atoms with van der Waals surface area (Å²) < 4.78 is 1.79. The molecule has 106 valence electrons. The largest absolute Gasteiger partial charge is 0.294 e. The van der Waals surface area contributed by atoms with Crippen LogP contribution in [-0.4, -0.2) is 20.5 Å². The zero-order valence-corrected chi connectivity index (χ0v) is 12.2. The van der Waals surface area contributed by atoms with E-state index in [4.69, 9.17) is 0 Å². The molecule has 0 unspecified atom stereocenters. The van der Waals surface area contributed by atoms with Crippen molar-refractivity contribution >= 4 is 16.6 Å². The van der Waals surface area contributed by atoms with Gasteiger partial charge in [0.2, 0.25) is 0 Å². The molecular formula is C17H17N3O. The topological polar surface area (TPSA) is 47.8 Å². The van der Waals surface area contributed by atoms with Crippen molar-refractivity contribution in [2.24, 2.45) is 0 Å². The second-order valence-corrected chi connectivity index (χ2v) is 5.34. The molecule has 0 bridgehead atoms. The van der Waals surface area contributed by atoms with Crippen molar-refractivity contribution in [1.82, 2.24) is 14.8 Å². The maximum atomic E-state index is 12.6. The SMILES string of the molecule is CC(C)n1ncnc1CC(=O)c1cccc2ccccc12. The highest BCUT2D eigenvalue weighted by Gasteiger charge is 2.15. The molecule has 0 amide bonds. The van der Waals surface area contributed by atoms with E-state index < -0.39 is 0 Å². The van der Waals surface area contributed by atoms with Gasteiger partial charge in [-0.05, 0) is 24.6 Å². The third-order valence-corrected chi connectivity index (χ3v) is 3.55. The summed E-state index contributed by atoms with van der Waals surface area (Å²) in [4.78, 5) is 16.8. The van der Waals surface area contributed by atoms with Gasteiger partial charge in [0, 0.05) is 11.6 Å². The number of nitrogens with zero attached hydrogens (tertiary/aromatic N) is 3. The van der Waals surface area contributed by atoms with Gasteiger partial charge in [-0.25, -0.2) is 9.67 Å².